The number of rotatable bonds is 4. The number of esters is 1. The number of likely N-dealkylation sites (tertiary alicyclic amines) is 1. The standard InChI is InChI=1S/C19H29N3O5/c1-18(2,3)27-17(25)22-10-6-14(7-11-22)16(24)26-12-15(23)21-19(13-20)8-4-5-9-19/h14H,4-12H2,1-3H3,(H,21,23). The van der Waals surface area contributed by atoms with Gasteiger partial charge in [-0.15, -0.1) is 0 Å². The maximum absolute atomic E-state index is 12.2. The Morgan fingerprint density at radius 3 is 2.30 bits per heavy atom. The fourth-order valence-corrected chi connectivity index (χ4v) is 3.43. The average Bonchev–Trinajstić information content (AvgIpc) is 3.07. The van der Waals surface area contributed by atoms with Crippen molar-refractivity contribution in [2.75, 3.05) is 19.7 Å². The predicted octanol–water partition coefficient (Wildman–Crippen LogP) is 2.13. The molecule has 1 saturated heterocycles. The summed E-state index contributed by atoms with van der Waals surface area (Å²) in [6.07, 6.45) is 3.64. The van der Waals surface area contributed by atoms with Gasteiger partial charge in [0.15, 0.2) is 6.61 Å². The highest BCUT2D eigenvalue weighted by molar-refractivity contribution is 5.82. The number of hydrogen-bond acceptors (Lipinski definition) is 6. The highest BCUT2D eigenvalue weighted by atomic mass is 16.6. The van der Waals surface area contributed by atoms with Gasteiger partial charge in [-0.05, 0) is 59.3 Å². The third-order valence-electron chi connectivity index (χ3n) is 4.88. The van der Waals surface area contributed by atoms with Gasteiger partial charge in [0.25, 0.3) is 5.91 Å². The van der Waals surface area contributed by atoms with Gasteiger partial charge in [0.05, 0.1) is 12.0 Å². The minimum absolute atomic E-state index is 0.340. The molecule has 0 spiro atoms. The molecule has 1 N–H and O–H groups in total. The van der Waals surface area contributed by atoms with Crippen molar-refractivity contribution in [2.24, 2.45) is 5.92 Å². The Kier molecular flexibility index (Phi) is 6.68. The van der Waals surface area contributed by atoms with E-state index in [0.29, 0.717) is 38.8 Å². The lowest BCUT2D eigenvalue weighted by atomic mass is 9.97. The summed E-state index contributed by atoms with van der Waals surface area (Å²) >= 11 is 0. The molecule has 0 radical (unpaired) electrons. The zero-order chi connectivity index (χ0) is 20.1. The number of carbonyl (C=O) groups is 3. The van der Waals surface area contributed by atoms with Crippen LogP contribution in [0.2, 0.25) is 0 Å². The smallest absolute Gasteiger partial charge is 0.410 e. The van der Waals surface area contributed by atoms with Crippen LogP contribution in [0.1, 0.15) is 59.3 Å². The molecule has 0 aromatic carbocycles. The molecular weight excluding hydrogens is 350 g/mol. The highest BCUT2D eigenvalue weighted by Crippen LogP contribution is 2.28. The zero-order valence-electron chi connectivity index (χ0n) is 16.4. The van der Waals surface area contributed by atoms with Crippen LogP contribution in [0, 0.1) is 17.2 Å². The number of hydrogen-bond donors (Lipinski definition) is 1. The van der Waals surface area contributed by atoms with E-state index in [2.05, 4.69) is 11.4 Å². The van der Waals surface area contributed by atoms with Crippen molar-refractivity contribution in [1.82, 2.24) is 10.2 Å². The van der Waals surface area contributed by atoms with Crippen LogP contribution in [0.25, 0.3) is 0 Å². The molecule has 0 bridgehead atoms. The van der Waals surface area contributed by atoms with E-state index in [0.717, 1.165) is 12.8 Å². The van der Waals surface area contributed by atoms with Gasteiger partial charge in [0.1, 0.15) is 11.1 Å². The first-order chi connectivity index (χ1) is 12.6. The summed E-state index contributed by atoms with van der Waals surface area (Å²) in [5.74, 6) is -1.22. The second-order valence-electron chi connectivity index (χ2n) is 8.30. The lowest BCUT2D eigenvalue weighted by molar-refractivity contribution is -0.154. The van der Waals surface area contributed by atoms with Gasteiger partial charge in [-0.25, -0.2) is 4.79 Å². The number of amides is 2. The molecule has 0 aromatic heterocycles. The van der Waals surface area contributed by atoms with Gasteiger partial charge in [-0.2, -0.15) is 5.26 Å². The van der Waals surface area contributed by atoms with Crippen molar-refractivity contribution >= 4 is 18.0 Å². The molecule has 2 amide bonds. The quantitative estimate of drug-likeness (QED) is 0.750. The summed E-state index contributed by atoms with van der Waals surface area (Å²) in [7, 11) is 0. The Morgan fingerprint density at radius 2 is 1.78 bits per heavy atom. The zero-order valence-corrected chi connectivity index (χ0v) is 16.4. The monoisotopic (exact) mass is 379 g/mol. The average molecular weight is 379 g/mol. The summed E-state index contributed by atoms with van der Waals surface area (Å²) in [5.41, 5.74) is -1.37. The number of carbonyl (C=O) groups excluding carboxylic acids is 3. The van der Waals surface area contributed by atoms with Gasteiger partial charge in [0, 0.05) is 13.1 Å². The number of piperidine rings is 1. The molecule has 27 heavy (non-hydrogen) atoms. The molecule has 2 aliphatic rings. The Bertz CT molecular complexity index is 606. The largest absolute Gasteiger partial charge is 0.455 e. The molecule has 1 heterocycles. The van der Waals surface area contributed by atoms with Crippen LogP contribution in [0.15, 0.2) is 0 Å². The van der Waals surface area contributed by atoms with Crippen molar-refractivity contribution in [3.8, 4) is 6.07 Å². The van der Waals surface area contributed by atoms with Crippen molar-refractivity contribution in [3.05, 3.63) is 0 Å². The third-order valence-corrected chi connectivity index (χ3v) is 4.88. The minimum atomic E-state index is -0.817. The van der Waals surface area contributed by atoms with Gasteiger partial charge < -0.3 is 19.7 Å². The van der Waals surface area contributed by atoms with Gasteiger partial charge in [0.2, 0.25) is 0 Å². The van der Waals surface area contributed by atoms with E-state index in [1.807, 2.05) is 20.8 Å². The first-order valence-electron chi connectivity index (χ1n) is 9.51. The van der Waals surface area contributed by atoms with E-state index >= 15 is 0 Å². The van der Waals surface area contributed by atoms with Crippen molar-refractivity contribution in [1.29, 1.82) is 5.26 Å². The van der Waals surface area contributed by atoms with Gasteiger partial charge >= 0.3 is 12.1 Å². The molecule has 150 valence electrons. The van der Waals surface area contributed by atoms with E-state index in [1.165, 1.54) is 0 Å². The highest BCUT2D eigenvalue weighted by Gasteiger charge is 2.36. The van der Waals surface area contributed by atoms with Crippen LogP contribution in [0.4, 0.5) is 4.79 Å². The van der Waals surface area contributed by atoms with Crippen LogP contribution < -0.4 is 5.32 Å². The Morgan fingerprint density at radius 1 is 1.19 bits per heavy atom. The fourth-order valence-electron chi connectivity index (χ4n) is 3.43. The molecular formula is C19H29N3O5. The lowest BCUT2D eigenvalue weighted by Crippen LogP contribution is -2.47. The van der Waals surface area contributed by atoms with Crippen LogP contribution in [-0.4, -0.2) is 53.7 Å². The Hall–Kier alpha value is -2.30. The number of nitrogens with zero attached hydrogens (tertiary/aromatic N) is 2. The van der Waals surface area contributed by atoms with Crippen molar-refractivity contribution < 1.29 is 23.9 Å². The SMILES string of the molecule is CC(C)(C)OC(=O)N1CCC(C(=O)OCC(=O)NC2(C#N)CCCC2)CC1. The lowest BCUT2D eigenvalue weighted by Gasteiger charge is -2.32. The number of nitriles is 1. The molecule has 0 atom stereocenters. The number of nitrogens with one attached hydrogen (secondary N) is 1. The predicted molar refractivity (Wildman–Crippen MR) is 96.4 cm³/mol. The van der Waals surface area contributed by atoms with E-state index in [-0.39, 0.29) is 18.6 Å². The van der Waals surface area contributed by atoms with E-state index in [9.17, 15) is 19.6 Å². The molecule has 0 unspecified atom stereocenters. The van der Waals surface area contributed by atoms with E-state index in [1.54, 1.807) is 4.90 Å². The first kappa shape index (κ1) is 21.0. The Labute approximate surface area is 160 Å². The van der Waals surface area contributed by atoms with Crippen molar-refractivity contribution in [2.45, 2.75) is 70.4 Å². The first-order valence-corrected chi connectivity index (χ1v) is 9.51. The minimum Gasteiger partial charge on any atom is -0.455 e. The summed E-state index contributed by atoms with van der Waals surface area (Å²) in [4.78, 5) is 37.8. The summed E-state index contributed by atoms with van der Waals surface area (Å²) in [5, 5.41) is 12.0. The molecule has 1 aliphatic carbocycles. The topological polar surface area (TPSA) is 109 Å². The molecule has 2 fully saturated rings. The maximum atomic E-state index is 12.2. The second-order valence-corrected chi connectivity index (χ2v) is 8.30. The van der Waals surface area contributed by atoms with E-state index < -0.39 is 23.0 Å². The van der Waals surface area contributed by atoms with Crippen molar-refractivity contribution in [3.63, 3.8) is 0 Å². The van der Waals surface area contributed by atoms with E-state index in [4.69, 9.17) is 9.47 Å². The molecule has 8 heteroatoms. The third kappa shape index (κ3) is 6.12. The van der Waals surface area contributed by atoms with Crippen LogP contribution in [0.3, 0.4) is 0 Å². The second kappa shape index (κ2) is 8.59. The molecule has 1 aliphatic heterocycles. The van der Waals surface area contributed by atoms with Crippen LogP contribution >= 0.6 is 0 Å². The summed E-state index contributed by atoms with van der Waals surface area (Å²) in [6.45, 7) is 5.87. The molecule has 1 saturated carbocycles. The summed E-state index contributed by atoms with van der Waals surface area (Å²) in [6, 6.07) is 2.17. The fraction of sp³-hybridized carbons (Fsp3) is 0.789. The van der Waals surface area contributed by atoms with Gasteiger partial charge in [-0.1, -0.05) is 0 Å². The molecule has 2 rings (SSSR count). The Balaban J connectivity index is 1.72. The maximum Gasteiger partial charge on any atom is 0.410 e. The number of ether oxygens (including phenoxy) is 2. The summed E-state index contributed by atoms with van der Waals surface area (Å²) < 4.78 is 10.5. The molecule has 0 aromatic rings. The molecule has 8 nitrogen and oxygen atoms in total. The van der Waals surface area contributed by atoms with Crippen LogP contribution in [-0.2, 0) is 19.1 Å². The van der Waals surface area contributed by atoms with Crippen LogP contribution in [0.5, 0.6) is 0 Å². The van der Waals surface area contributed by atoms with Gasteiger partial charge in [-0.3, -0.25) is 9.59 Å². The normalized spacial score (nSPS) is 19.9.